The first kappa shape index (κ1) is 31.1. The lowest BCUT2D eigenvalue weighted by molar-refractivity contribution is -0.157. The van der Waals surface area contributed by atoms with Crippen LogP contribution in [0.3, 0.4) is 0 Å². The topological polar surface area (TPSA) is 139 Å². The van der Waals surface area contributed by atoms with E-state index in [2.05, 4.69) is 16.1 Å². The fraction of sp³-hybridized carbons (Fsp3) is 0.516. The van der Waals surface area contributed by atoms with E-state index >= 15 is 0 Å². The third-order valence-corrected chi connectivity index (χ3v) is 7.65. The normalized spacial score (nSPS) is 26.5. The average molecular weight is 580 g/mol. The van der Waals surface area contributed by atoms with Gasteiger partial charge in [0.2, 0.25) is 11.8 Å². The number of hydrogen-bond acceptors (Lipinski definition) is 8. The Bertz CT molecular complexity index is 1370. The molecule has 2 aromatic rings. The summed E-state index contributed by atoms with van der Waals surface area (Å²) in [6, 6.07) is 6.86. The Hall–Kier alpha value is -3.83. The molecule has 0 saturated carbocycles. The van der Waals surface area contributed by atoms with E-state index < -0.39 is 47.4 Å². The molecule has 11 heteroatoms. The molecule has 226 valence electrons. The number of carbonyl (C=O) groups excluding carboxylic acids is 4. The highest BCUT2D eigenvalue weighted by Gasteiger charge is 2.36. The molecular formula is C31H41N5O6. The molecule has 0 spiro atoms. The van der Waals surface area contributed by atoms with Crippen LogP contribution in [0.25, 0.3) is 17.0 Å². The van der Waals surface area contributed by atoms with Crippen molar-refractivity contribution in [2.75, 3.05) is 20.3 Å². The molecule has 2 aliphatic rings. The van der Waals surface area contributed by atoms with Crippen LogP contribution in [-0.2, 0) is 28.7 Å². The van der Waals surface area contributed by atoms with Crippen molar-refractivity contribution in [1.82, 2.24) is 26.1 Å². The first-order valence-corrected chi connectivity index (χ1v) is 14.4. The number of esters is 1. The third-order valence-electron chi connectivity index (χ3n) is 7.65. The second-order valence-corrected chi connectivity index (χ2v) is 11.8. The van der Waals surface area contributed by atoms with Gasteiger partial charge in [0.1, 0.15) is 24.2 Å². The molecule has 4 atom stereocenters. The van der Waals surface area contributed by atoms with Gasteiger partial charge in [-0.3, -0.25) is 24.2 Å². The maximum absolute atomic E-state index is 13.5. The van der Waals surface area contributed by atoms with Gasteiger partial charge in [-0.2, -0.15) is 0 Å². The number of cyclic esters (lactones) is 1. The maximum Gasteiger partial charge on any atom is 0.325 e. The van der Waals surface area contributed by atoms with E-state index in [9.17, 15) is 19.2 Å². The van der Waals surface area contributed by atoms with Gasteiger partial charge in [0.25, 0.3) is 5.91 Å². The highest BCUT2D eigenvalue weighted by atomic mass is 16.5. The fourth-order valence-corrected chi connectivity index (χ4v) is 4.95. The predicted octanol–water partition coefficient (Wildman–Crippen LogP) is 2.66. The monoisotopic (exact) mass is 579 g/mol. The molecule has 1 aromatic carbocycles. The molecule has 42 heavy (non-hydrogen) atoms. The molecule has 11 nitrogen and oxygen atoms in total. The minimum absolute atomic E-state index is 0.0888. The number of pyridine rings is 1. The molecule has 3 heterocycles. The summed E-state index contributed by atoms with van der Waals surface area (Å²) in [5, 5.41) is 7.88. The highest BCUT2D eigenvalue weighted by Crippen LogP contribution is 2.25. The Morgan fingerprint density at radius 3 is 2.57 bits per heavy atom. The molecule has 4 rings (SSSR count). The molecule has 3 N–H and O–H groups in total. The lowest BCUT2D eigenvalue weighted by atomic mass is 9.89. The van der Waals surface area contributed by atoms with Crippen LogP contribution in [0.15, 0.2) is 36.4 Å². The summed E-state index contributed by atoms with van der Waals surface area (Å²) in [7, 11) is 1.43. The van der Waals surface area contributed by atoms with Crippen LogP contribution in [0.1, 0.15) is 64.8 Å². The van der Waals surface area contributed by atoms with Crippen LogP contribution < -0.4 is 16.1 Å². The molecule has 0 radical (unpaired) electrons. The maximum atomic E-state index is 13.5. The van der Waals surface area contributed by atoms with Gasteiger partial charge in [-0.15, -0.1) is 0 Å². The quantitative estimate of drug-likeness (QED) is 0.472. The number of amides is 3. The molecule has 0 aliphatic carbocycles. The summed E-state index contributed by atoms with van der Waals surface area (Å²) >= 11 is 0. The van der Waals surface area contributed by atoms with E-state index in [1.54, 1.807) is 26.8 Å². The summed E-state index contributed by atoms with van der Waals surface area (Å²) in [5.41, 5.74) is 4.18. The number of hydrazine groups is 1. The number of aromatic nitrogens is 1. The van der Waals surface area contributed by atoms with Crippen LogP contribution in [0.2, 0.25) is 0 Å². The molecule has 1 aromatic heterocycles. The minimum atomic E-state index is -1.04. The SMILES string of the molecule is COC[C@@H]1NC(=O)[C@H](C(C)C)NC(=O)C(C)(C)/C=C/c2ccc3ccc(nc3c2)[C@@H](C)OC(=O)[C@@H]2CCCN(N2)C1=O. The second-order valence-electron chi connectivity index (χ2n) is 11.8. The standard InChI is InChI=1S/C31H41N5O6/c1-18(2)26-27(37)33-25(17-41-6)28(38)36-15-7-8-23(35-36)29(39)42-19(3)22-12-11-21-10-9-20(16-24(21)32-22)13-14-31(4,5)30(40)34-26/h9-14,16,18-19,23,25-26,35H,7-8,15,17H2,1-6H3,(H,33,37)(H,34,40)/b14-13+/t19-,23+,25+,26+/m1/s1. The molecule has 1 fully saturated rings. The summed E-state index contributed by atoms with van der Waals surface area (Å²) in [6.07, 6.45) is 4.04. The number of methoxy groups -OCH3 is 1. The molecular weight excluding hydrogens is 538 g/mol. The Balaban J connectivity index is 1.72. The van der Waals surface area contributed by atoms with Crippen molar-refractivity contribution in [2.24, 2.45) is 11.3 Å². The average Bonchev–Trinajstić information content (AvgIpc) is 2.96. The summed E-state index contributed by atoms with van der Waals surface area (Å²) in [6.45, 7) is 9.19. The van der Waals surface area contributed by atoms with Crippen LogP contribution in [0.4, 0.5) is 0 Å². The number of nitrogens with zero attached hydrogens (tertiary/aromatic N) is 2. The number of nitrogens with one attached hydrogen (secondary N) is 3. The largest absolute Gasteiger partial charge is 0.455 e. The zero-order valence-electron chi connectivity index (χ0n) is 25.1. The Morgan fingerprint density at radius 2 is 1.86 bits per heavy atom. The summed E-state index contributed by atoms with van der Waals surface area (Å²) < 4.78 is 11.0. The van der Waals surface area contributed by atoms with Crippen molar-refractivity contribution in [3.8, 4) is 0 Å². The van der Waals surface area contributed by atoms with E-state index in [0.717, 1.165) is 16.5 Å². The Labute approximate surface area is 246 Å². The van der Waals surface area contributed by atoms with Gasteiger partial charge in [0.05, 0.1) is 23.2 Å². The van der Waals surface area contributed by atoms with Gasteiger partial charge in [-0.25, -0.2) is 10.4 Å². The van der Waals surface area contributed by atoms with E-state index in [-0.39, 0.29) is 18.4 Å². The van der Waals surface area contributed by atoms with Crippen LogP contribution in [-0.4, -0.2) is 72.1 Å². The fourth-order valence-electron chi connectivity index (χ4n) is 4.95. The van der Waals surface area contributed by atoms with Crippen LogP contribution >= 0.6 is 0 Å². The van der Waals surface area contributed by atoms with Crippen molar-refractivity contribution in [1.29, 1.82) is 0 Å². The van der Waals surface area contributed by atoms with Crippen molar-refractivity contribution < 1.29 is 28.7 Å². The number of ether oxygens (including phenoxy) is 2. The zero-order valence-corrected chi connectivity index (χ0v) is 25.1. The Kier molecular flexibility index (Phi) is 9.63. The number of hydrogen-bond donors (Lipinski definition) is 3. The minimum Gasteiger partial charge on any atom is -0.455 e. The molecule has 5 bridgehead atoms. The molecule has 3 amide bonds. The Morgan fingerprint density at radius 1 is 1.12 bits per heavy atom. The molecule has 1 saturated heterocycles. The number of rotatable bonds is 3. The first-order chi connectivity index (χ1) is 19.9. The van der Waals surface area contributed by atoms with E-state index in [1.807, 2.05) is 50.3 Å². The van der Waals surface area contributed by atoms with Gasteiger partial charge < -0.3 is 20.1 Å². The van der Waals surface area contributed by atoms with E-state index in [0.29, 0.717) is 25.1 Å². The predicted molar refractivity (Wildman–Crippen MR) is 158 cm³/mol. The van der Waals surface area contributed by atoms with Crippen LogP contribution in [0, 0.1) is 11.3 Å². The third kappa shape index (κ3) is 7.14. The summed E-state index contributed by atoms with van der Waals surface area (Å²) in [5.74, 6) is -2.05. The van der Waals surface area contributed by atoms with Crippen LogP contribution in [0.5, 0.6) is 0 Å². The van der Waals surface area contributed by atoms with Gasteiger partial charge in [0.15, 0.2) is 0 Å². The second kappa shape index (κ2) is 13.0. The molecule has 2 aliphatic heterocycles. The smallest absolute Gasteiger partial charge is 0.325 e. The van der Waals surface area contributed by atoms with Crippen molar-refractivity contribution in [2.45, 2.75) is 71.7 Å². The van der Waals surface area contributed by atoms with E-state index in [1.165, 1.54) is 12.1 Å². The number of benzene rings is 1. The van der Waals surface area contributed by atoms with Crippen molar-refractivity contribution >= 4 is 40.7 Å². The van der Waals surface area contributed by atoms with Gasteiger partial charge in [0, 0.05) is 19.0 Å². The van der Waals surface area contributed by atoms with Gasteiger partial charge >= 0.3 is 5.97 Å². The zero-order chi connectivity index (χ0) is 30.6. The lowest BCUT2D eigenvalue weighted by Gasteiger charge is -2.35. The van der Waals surface area contributed by atoms with Crippen molar-refractivity contribution in [3.63, 3.8) is 0 Å². The van der Waals surface area contributed by atoms with Gasteiger partial charge in [-0.1, -0.05) is 44.2 Å². The highest BCUT2D eigenvalue weighted by molar-refractivity contribution is 5.94. The van der Waals surface area contributed by atoms with E-state index in [4.69, 9.17) is 14.5 Å². The number of fused-ring (bicyclic) bond motifs is 4. The summed E-state index contributed by atoms with van der Waals surface area (Å²) in [4.78, 5) is 58.2. The molecule has 0 unspecified atom stereocenters. The lowest BCUT2D eigenvalue weighted by Crippen LogP contribution is -2.62. The van der Waals surface area contributed by atoms with Gasteiger partial charge in [-0.05, 0) is 57.2 Å². The van der Waals surface area contributed by atoms with Crippen molar-refractivity contribution in [3.05, 3.63) is 47.7 Å². The number of carbonyl (C=O) groups is 4. The first-order valence-electron chi connectivity index (χ1n) is 14.4.